The molecule has 3 nitrogen and oxygen atoms in total. The van der Waals surface area contributed by atoms with Crippen LogP contribution in [0.4, 0.5) is 4.39 Å². The lowest BCUT2D eigenvalue weighted by atomic mass is 9.89. The van der Waals surface area contributed by atoms with Crippen molar-refractivity contribution in [1.29, 1.82) is 0 Å². The average Bonchev–Trinajstić information content (AvgIpc) is 2.20. The van der Waals surface area contributed by atoms with E-state index in [0.717, 1.165) is 0 Å². The van der Waals surface area contributed by atoms with Crippen molar-refractivity contribution in [3.05, 3.63) is 34.1 Å². The summed E-state index contributed by atoms with van der Waals surface area (Å²) in [6.45, 7) is 0. The number of carbonyl (C=O) groups excluding carboxylic acids is 2. The van der Waals surface area contributed by atoms with E-state index in [4.69, 9.17) is 0 Å². The molecule has 16 heavy (non-hydrogen) atoms. The number of amides is 2. The summed E-state index contributed by atoms with van der Waals surface area (Å²) in [5.74, 6) is -1.20. The highest BCUT2D eigenvalue weighted by molar-refractivity contribution is 9.10. The Hall–Kier alpha value is -1.23. The highest BCUT2D eigenvalue weighted by Gasteiger charge is 2.26. The molecule has 1 aromatic rings. The number of piperidine rings is 1. The third-order valence-electron chi connectivity index (χ3n) is 2.56. The summed E-state index contributed by atoms with van der Waals surface area (Å²) in [5, 5.41) is 2.22. The number of hydrogen-bond acceptors (Lipinski definition) is 2. The van der Waals surface area contributed by atoms with Gasteiger partial charge < -0.3 is 0 Å². The Morgan fingerprint density at radius 2 is 1.88 bits per heavy atom. The molecule has 0 unspecified atom stereocenters. The van der Waals surface area contributed by atoms with Crippen LogP contribution in [0.5, 0.6) is 0 Å². The van der Waals surface area contributed by atoms with Gasteiger partial charge in [0.05, 0.1) is 4.47 Å². The van der Waals surface area contributed by atoms with Gasteiger partial charge in [-0.1, -0.05) is 6.07 Å². The molecule has 1 fully saturated rings. The Labute approximate surface area is 100 Å². The number of halogens is 2. The Morgan fingerprint density at radius 3 is 2.44 bits per heavy atom. The van der Waals surface area contributed by atoms with Gasteiger partial charge in [-0.2, -0.15) is 0 Å². The topological polar surface area (TPSA) is 46.2 Å². The average molecular weight is 286 g/mol. The van der Waals surface area contributed by atoms with Crippen LogP contribution in [0.15, 0.2) is 22.7 Å². The van der Waals surface area contributed by atoms with E-state index in [0.29, 0.717) is 10.0 Å². The number of hydrogen-bond donors (Lipinski definition) is 1. The van der Waals surface area contributed by atoms with Crippen LogP contribution in [0.25, 0.3) is 0 Å². The highest BCUT2D eigenvalue weighted by Crippen LogP contribution is 2.28. The van der Waals surface area contributed by atoms with E-state index in [9.17, 15) is 14.0 Å². The van der Waals surface area contributed by atoms with Gasteiger partial charge in [-0.05, 0) is 33.6 Å². The molecular weight excluding hydrogens is 277 g/mol. The molecule has 0 bridgehead atoms. The van der Waals surface area contributed by atoms with Crippen LogP contribution >= 0.6 is 15.9 Å². The maximum absolute atomic E-state index is 13.3. The molecule has 1 aliphatic rings. The molecule has 1 aromatic carbocycles. The van der Waals surface area contributed by atoms with E-state index in [1.54, 1.807) is 12.1 Å². The lowest BCUT2D eigenvalue weighted by molar-refractivity contribution is -0.133. The molecule has 2 amide bonds. The van der Waals surface area contributed by atoms with Gasteiger partial charge in [0.25, 0.3) is 0 Å². The van der Waals surface area contributed by atoms with Crippen molar-refractivity contribution in [2.24, 2.45) is 0 Å². The summed E-state index contributed by atoms with van der Waals surface area (Å²) in [4.78, 5) is 22.3. The van der Waals surface area contributed by atoms with Crippen LogP contribution < -0.4 is 5.32 Å². The normalized spacial score (nSPS) is 17.4. The number of rotatable bonds is 1. The van der Waals surface area contributed by atoms with E-state index < -0.39 is 0 Å². The fraction of sp³-hybridized carbons (Fsp3) is 0.273. The molecule has 2 rings (SSSR count). The zero-order chi connectivity index (χ0) is 11.7. The van der Waals surface area contributed by atoms with Gasteiger partial charge in [0.1, 0.15) is 5.82 Å². The van der Waals surface area contributed by atoms with Crippen LogP contribution in [0.2, 0.25) is 0 Å². The first-order valence-corrected chi connectivity index (χ1v) is 5.63. The van der Waals surface area contributed by atoms with Crippen LogP contribution in [0.3, 0.4) is 0 Å². The van der Waals surface area contributed by atoms with Crippen molar-refractivity contribution in [2.45, 2.75) is 18.8 Å². The summed E-state index contributed by atoms with van der Waals surface area (Å²) in [5.41, 5.74) is 0.684. The van der Waals surface area contributed by atoms with Crippen LogP contribution in [0.1, 0.15) is 24.3 Å². The predicted molar refractivity (Wildman–Crippen MR) is 59.2 cm³/mol. The van der Waals surface area contributed by atoms with E-state index in [1.165, 1.54) is 6.07 Å². The van der Waals surface area contributed by atoms with Crippen molar-refractivity contribution >= 4 is 27.7 Å². The molecule has 1 saturated heterocycles. The zero-order valence-corrected chi connectivity index (χ0v) is 9.88. The van der Waals surface area contributed by atoms with E-state index in [2.05, 4.69) is 21.2 Å². The second kappa shape index (κ2) is 4.33. The molecule has 0 aromatic heterocycles. The summed E-state index contributed by atoms with van der Waals surface area (Å²) in [6, 6.07) is 4.67. The lowest BCUT2D eigenvalue weighted by Crippen LogP contribution is -2.37. The Balaban J connectivity index is 2.26. The first kappa shape index (κ1) is 11.3. The molecule has 1 heterocycles. The van der Waals surface area contributed by atoms with Crippen LogP contribution in [0, 0.1) is 5.82 Å². The SMILES string of the molecule is O=C1CC(c2ccc(Br)c(F)c2)CC(=O)N1. The van der Waals surface area contributed by atoms with Crippen LogP contribution in [-0.4, -0.2) is 11.8 Å². The molecule has 5 heteroatoms. The van der Waals surface area contributed by atoms with Crippen molar-refractivity contribution < 1.29 is 14.0 Å². The summed E-state index contributed by atoms with van der Waals surface area (Å²) >= 11 is 3.06. The second-order valence-corrected chi connectivity index (χ2v) is 4.60. The fourth-order valence-electron chi connectivity index (χ4n) is 1.78. The lowest BCUT2D eigenvalue weighted by Gasteiger charge is -2.21. The number of carbonyl (C=O) groups is 2. The smallest absolute Gasteiger partial charge is 0.227 e. The maximum atomic E-state index is 13.3. The highest BCUT2D eigenvalue weighted by atomic mass is 79.9. The first-order valence-electron chi connectivity index (χ1n) is 4.84. The quantitative estimate of drug-likeness (QED) is 0.804. The minimum absolute atomic E-state index is 0.219. The van der Waals surface area contributed by atoms with Gasteiger partial charge >= 0.3 is 0 Å². The minimum Gasteiger partial charge on any atom is -0.296 e. The Kier molecular flexibility index (Phi) is 3.05. The summed E-state index contributed by atoms with van der Waals surface area (Å²) < 4.78 is 13.7. The van der Waals surface area contributed by atoms with Gasteiger partial charge in [-0.15, -0.1) is 0 Å². The third kappa shape index (κ3) is 2.29. The molecule has 1 N–H and O–H groups in total. The number of imide groups is 1. The van der Waals surface area contributed by atoms with Gasteiger partial charge in [0.15, 0.2) is 0 Å². The van der Waals surface area contributed by atoms with Gasteiger partial charge in [-0.25, -0.2) is 4.39 Å². The van der Waals surface area contributed by atoms with Gasteiger partial charge in [0, 0.05) is 18.8 Å². The largest absolute Gasteiger partial charge is 0.296 e. The fourth-order valence-corrected chi connectivity index (χ4v) is 2.03. The molecule has 84 valence electrons. The third-order valence-corrected chi connectivity index (χ3v) is 3.20. The second-order valence-electron chi connectivity index (χ2n) is 3.75. The maximum Gasteiger partial charge on any atom is 0.227 e. The summed E-state index contributed by atoms with van der Waals surface area (Å²) in [6.07, 6.45) is 0.458. The van der Waals surface area contributed by atoms with Gasteiger partial charge in [-0.3, -0.25) is 14.9 Å². The predicted octanol–water partition coefficient (Wildman–Crippen LogP) is 2.11. The molecule has 1 aliphatic heterocycles. The molecule has 0 spiro atoms. The van der Waals surface area contributed by atoms with Crippen molar-refractivity contribution in [3.63, 3.8) is 0 Å². The molecule has 0 atom stereocenters. The van der Waals surface area contributed by atoms with Crippen LogP contribution in [-0.2, 0) is 9.59 Å². The molecule has 0 aliphatic carbocycles. The van der Waals surface area contributed by atoms with Gasteiger partial charge in [0.2, 0.25) is 11.8 Å². The van der Waals surface area contributed by atoms with E-state index >= 15 is 0 Å². The first-order chi connectivity index (χ1) is 7.56. The molecule has 0 saturated carbocycles. The number of benzene rings is 1. The number of nitrogens with one attached hydrogen (secondary N) is 1. The van der Waals surface area contributed by atoms with Crippen molar-refractivity contribution in [2.75, 3.05) is 0 Å². The zero-order valence-electron chi connectivity index (χ0n) is 8.30. The van der Waals surface area contributed by atoms with Crippen molar-refractivity contribution in [3.8, 4) is 0 Å². The standard InChI is InChI=1S/C11H9BrFNO2/c12-8-2-1-6(3-9(8)13)7-4-10(15)14-11(16)5-7/h1-3,7H,4-5H2,(H,14,15,16). The van der Waals surface area contributed by atoms with E-state index in [-0.39, 0.29) is 36.4 Å². The Morgan fingerprint density at radius 1 is 1.25 bits per heavy atom. The van der Waals surface area contributed by atoms with Crippen molar-refractivity contribution in [1.82, 2.24) is 5.32 Å². The monoisotopic (exact) mass is 285 g/mol. The summed E-state index contributed by atoms with van der Waals surface area (Å²) in [7, 11) is 0. The minimum atomic E-state index is -0.379. The molecule has 0 radical (unpaired) electrons. The molecular formula is C11H9BrFNO2. The Bertz CT molecular complexity index is 445. The van der Waals surface area contributed by atoms with E-state index in [1.807, 2.05) is 0 Å².